The van der Waals surface area contributed by atoms with Crippen LogP contribution in [0.3, 0.4) is 0 Å². The highest BCUT2D eigenvalue weighted by atomic mass is 35.5. The van der Waals surface area contributed by atoms with Gasteiger partial charge in [0.2, 0.25) is 0 Å². The zero-order chi connectivity index (χ0) is 14.2. The molecule has 1 saturated heterocycles. The summed E-state index contributed by atoms with van der Waals surface area (Å²) in [7, 11) is 0. The summed E-state index contributed by atoms with van der Waals surface area (Å²) < 4.78 is 38.3. The molecule has 1 N–H and O–H groups in total. The molecule has 0 spiro atoms. The van der Waals surface area contributed by atoms with Crippen LogP contribution in [-0.4, -0.2) is 26.2 Å². The fourth-order valence-corrected chi connectivity index (χ4v) is 2.62. The standard InChI is InChI=1S/C15H15F3N2.2ClH/c16-15(17,18)12-4-5-13-11(10-12)2-1-3-14(13)20-8-6-19-7-9-20;;/h1-5,10,19H,6-9H2;2*1H. The Bertz CT molecular complexity index is 626. The van der Waals surface area contributed by atoms with Gasteiger partial charge in [0, 0.05) is 37.3 Å². The van der Waals surface area contributed by atoms with E-state index in [0.717, 1.165) is 43.3 Å². The number of hydrogen-bond donors (Lipinski definition) is 1. The predicted molar refractivity (Wildman–Crippen MR) is 88.5 cm³/mol. The van der Waals surface area contributed by atoms with Crippen LogP contribution in [0.15, 0.2) is 36.4 Å². The summed E-state index contributed by atoms with van der Waals surface area (Å²) in [6.45, 7) is 3.55. The number of rotatable bonds is 1. The number of halogens is 5. The highest BCUT2D eigenvalue weighted by Crippen LogP contribution is 2.34. The second kappa shape index (κ2) is 7.40. The van der Waals surface area contributed by atoms with Gasteiger partial charge in [-0.05, 0) is 23.6 Å². The first kappa shape index (κ1) is 18.9. The Hall–Kier alpha value is -1.17. The molecule has 0 bridgehead atoms. The summed E-state index contributed by atoms with van der Waals surface area (Å²) >= 11 is 0. The average molecular weight is 353 g/mol. The van der Waals surface area contributed by atoms with E-state index in [0.29, 0.717) is 5.39 Å². The van der Waals surface area contributed by atoms with Gasteiger partial charge in [-0.25, -0.2) is 0 Å². The third kappa shape index (κ3) is 3.77. The van der Waals surface area contributed by atoms with Gasteiger partial charge < -0.3 is 10.2 Å². The maximum atomic E-state index is 12.8. The van der Waals surface area contributed by atoms with Gasteiger partial charge in [0.05, 0.1) is 5.56 Å². The Kier molecular flexibility index (Phi) is 6.35. The Morgan fingerprint density at radius 3 is 2.27 bits per heavy atom. The molecule has 0 atom stereocenters. The fraction of sp³-hybridized carbons (Fsp3) is 0.333. The summed E-state index contributed by atoms with van der Waals surface area (Å²) in [5.74, 6) is 0. The van der Waals surface area contributed by atoms with Crippen LogP contribution in [0.1, 0.15) is 5.56 Å². The predicted octanol–water partition coefficient (Wildman–Crippen LogP) is 4.11. The highest BCUT2D eigenvalue weighted by molar-refractivity contribution is 5.94. The van der Waals surface area contributed by atoms with Gasteiger partial charge in [-0.2, -0.15) is 13.2 Å². The van der Waals surface area contributed by atoms with Crippen molar-refractivity contribution in [2.45, 2.75) is 6.18 Å². The molecule has 1 aliphatic rings. The van der Waals surface area contributed by atoms with Crippen LogP contribution in [0.4, 0.5) is 18.9 Å². The second-order valence-corrected chi connectivity index (χ2v) is 4.95. The fourth-order valence-electron chi connectivity index (χ4n) is 2.62. The van der Waals surface area contributed by atoms with E-state index in [1.165, 1.54) is 6.07 Å². The van der Waals surface area contributed by atoms with Gasteiger partial charge in [0.15, 0.2) is 0 Å². The van der Waals surface area contributed by atoms with E-state index in [4.69, 9.17) is 0 Å². The van der Waals surface area contributed by atoms with Crippen LogP contribution in [-0.2, 0) is 6.18 Å². The number of alkyl halides is 3. The molecule has 7 heteroatoms. The first-order valence-corrected chi connectivity index (χ1v) is 6.61. The van der Waals surface area contributed by atoms with E-state index >= 15 is 0 Å². The Morgan fingerprint density at radius 1 is 0.955 bits per heavy atom. The van der Waals surface area contributed by atoms with Crippen molar-refractivity contribution < 1.29 is 13.2 Å². The molecule has 0 amide bonds. The summed E-state index contributed by atoms with van der Waals surface area (Å²) in [5.41, 5.74) is 0.417. The van der Waals surface area contributed by atoms with E-state index in [-0.39, 0.29) is 24.8 Å². The minimum absolute atomic E-state index is 0. The number of fused-ring (bicyclic) bond motifs is 1. The molecule has 122 valence electrons. The van der Waals surface area contributed by atoms with E-state index < -0.39 is 11.7 Å². The van der Waals surface area contributed by atoms with Crippen molar-refractivity contribution in [2.75, 3.05) is 31.1 Å². The molecule has 2 nitrogen and oxygen atoms in total. The van der Waals surface area contributed by atoms with Gasteiger partial charge in [0.25, 0.3) is 0 Å². The third-order valence-corrected chi connectivity index (χ3v) is 3.64. The van der Waals surface area contributed by atoms with Crippen molar-refractivity contribution in [1.29, 1.82) is 0 Å². The minimum atomic E-state index is -4.29. The lowest BCUT2D eigenvalue weighted by Crippen LogP contribution is -2.43. The molecule has 2 aromatic rings. The zero-order valence-electron chi connectivity index (χ0n) is 11.7. The zero-order valence-corrected chi connectivity index (χ0v) is 13.3. The first-order chi connectivity index (χ1) is 9.55. The molecule has 0 aliphatic carbocycles. The van der Waals surface area contributed by atoms with E-state index in [1.807, 2.05) is 12.1 Å². The van der Waals surface area contributed by atoms with E-state index in [9.17, 15) is 13.2 Å². The molecule has 1 fully saturated rings. The highest BCUT2D eigenvalue weighted by Gasteiger charge is 2.30. The molecule has 0 saturated carbocycles. The first-order valence-electron chi connectivity index (χ1n) is 6.61. The number of benzene rings is 2. The molecule has 1 aliphatic heterocycles. The Morgan fingerprint density at radius 2 is 1.64 bits per heavy atom. The van der Waals surface area contributed by atoms with Crippen molar-refractivity contribution in [1.82, 2.24) is 5.32 Å². The summed E-state index contributed by atoms with van der Waals surface area (Å²) in [4.78, 5) is 2.21. The molecular weight excluding hydrogens is 336 g/mol. The molecule has 0 aromatic heterocycles. The molecular formula is C15H17Cl2F3N2. The molecule has 3 rings (SSSR count). The van der Waals surface area contributed by atoms with Crippen molar-refractivity contribution in [3.63, 3.8) is 0 Å². The third-order valence-electron chi connectivity index (χ3n) is 3.64. The van der Waals surface area contributed by atoms with Gasteiger partial charge in [-0.15, -0.1) is 24.8 Å². The van der Waals surface area contributed by atoms with Crippen LogP contribution in [0.5, 0.6) is 0 Å². The van der Waals surface area contributed by atoms with Crippen LogP contribution >= 0.6 is 24.8 Å². The topological polar surface area (TPSA) is 15.3 Å². The lowest BCUT2D eigenvalue weighted by molar-refractivity contribution is -0.137. The van der Waals surface area contributed by atoms with Crippen LogP contribution in [0.25, 0.3) is 10.8 Å². The summed E-state index contributed by atoms with van der Waals surface area (Å²) in [6, 6.07) is 9.49. The van der Waals surface area contributed by atoms with Gasteiger partial charge in [-0.3, -0.25) is 0 Å². The summed E-state index contributed by atoms with van der Waals surface area (Å²) in [5, 5.41) is 4.78. The molecule has 22 heavy (non-hydrogen) atoms. The van der Waals surface area contributed by atoms with Crippen molar-refractivity contribution in [3.8, 4) is 0 Å². The van der Waals surface area contributed by atoms with Crippen molar-refractivity contribution >= 4 is 41.3 Å². The monoisotopic (exact) mass is 352 g/mol. The number of nitrogens with one attached hydrogen (secondary N) is 1. The number of piperazine rings is 1. The van der Waals surface area contributed by atoms with E-state index in [1.54, 1.807) is 12.1 Å². The SMILES string of the molecule is Cl.Cl.FC(F)(F)c1ccc2c(N3CCNCC3)cccc2c1. The average Bonchev–Trinajstić information content (AvgIpc) is 2.46. The molecule has 2 aromatic carbocycles. The Labute approximate surface area is 139 Å². The lowest BCUT2D eigenvalue weighted by atomic mass is 10.0. The normalized spacial score (nSPS) is 15.1. The number of hydrogen-bond acceptors (Lipinski definition) is 2. The van der Waals surface area contributed by atoms with Gasteiger partial charge in [-0.1, -0.05) is 18.2 Å². The van der Waals surface area contributed by atoms with Crippen LogP contribution in [0.2, 0.25) is 0 Å². The maximum Gasteiger partial charge on any atom is 0.416 e. The Balaban J connectivity index is 0.00000121. The van der Waals surface area contributed by atoms with Crippen LogP contribution in [0, 0.1) is 0 Å². The molecule has 0 unspecified atom stereocenters. The maximum absolute atomic E-state index is 12.8. The van der Waals surface area contributed by atoms with Crippen molar-refractivity contribution in [2.24, 2.45) is 0 Å². The lowest BCUT2D eigenvalue weighted by Gasteiger charge is -2.30. The molecule has 0 radical (unpaired) electrons. The van der Waals surface area contributed by atoms with Gasteiger partial charge in [0.1, 0.15) is 0 Å². The smallest absolute Gasteiger partial charge is 0.368 e. The second-order valence-electron chi connectivity index (χ2n) is 4.95. The largest absolute Gasteiger partial charge is 0.416 e. The molecule has 1 heterocycles. The minimum Gasteiger partial charge on any atom is -0.368 e. The number of nitrogens with zero attached hydrogens (tertiary/aromatic N) is 1. The number of anilines is 1. The quantitative estimate of drug-likeness (QED) is 0.830. The van der Waals surface area contributed by atoms with E-state index in [2.05, 4.69) is 10.2 Å². The summed E-state index contributed by atoms with van der Waals surface area (Å²) in [6.07, 6.45) is -4.29. The van der Waals surface area contributed by atoms with Crippen LogP contribution < -0.4 is 10.2 Å². The van der Waals surface area contributed by atoms with Crippen molar-refractivity contribution in [3.05, 3.63) is 42.0 Å². The van der Waals surface area contributed by atoms with Gasteiger partial charge >= 0.3 is 6.18 Å².